The lowest BCUT2D eigenvalue weighted by Crippen LogP contribution is -2.32. The highest BCUT2D eigenvalue weighted by Gasteiger charge is 2.39. The Balaban J connectivity index is 1.69. The van der Waals surface area contributed by atoms with E-state index in [0.717, 1.165) is 16.9 Å². The molecule has 34 heavy (non-hydrogen) atoms. The molecule has 0 bridgehead atoms. The number of methoxy groups -OCH3 is 2. The Kier molecular flexibility index (Phi) is 6.54. The topological polar surface area (TPSA) is 71.1 Å². The van der Waals surface area contributed by atoms with Gasteiger partial charge in [0.15, 0.2) is 0 Å². The number of amides is 2. The van der Waals surface area contributed by atoms with Crippen LogP contribution in [0.25, 0.3) is 5.57 Å². The Bertz CT molecular complexity index is 1210. The summed E-state index contributed by atoms with van der Waals surface area (Å²) in [7, 11) is 7.10. The lowest BCUT2D eigenvalue weighted by molar-refractivity contribution is -0.137. The summed E-state index contributed by atoms with van der Waals surface area (Å²) in [5.74, 6) is 0.662. The second-order valence-corrected chi connectivity index (χ2v) is 8.09. The molecule has 0 spiro atoms. The van der Waals surface area contributed by atoms with E-state index in [1.54, 1.807) is 38.5 Å². The van der Waals surface area contributed by atoms with Crippen LogP contribution >= 0.6 is 0 Å². The number of ether oxygens (including phenoxy) is 2. The molecule has 0 fully saturated rings. The zero-order valence-corrected chi connectivity index (χ0v) is 19.7. The molecule has 174 valence electrons. The van der Waals surface area contributed by atoms with Crippen molar-refractivity contribution in [2.75, 3.05) is 38.5 Å². The van der Waals surface area contributed by atoms with Crippen LogP contribution in [0.15, 0.2) is 78.5 Å². The third-order valence-electron chi connectivity index (χ3n) is 5.70. The molecule has 0 aliphatic carbocycles. The first kappa shape index (κ1) is 22.9. The molecule has 0 atom stereocenters. The summed E-state index contributed by atoms with van der Waals surface area (Å²) in [6.07, 6.45) is 0. The normalized spacial score (nSPS) is 13.4. The van der Waals surface area contributed by atoms with Gasteiger partial charge in [-0.2, -0.15) is 0 Å². The standard InChI is InChI=1S/C27H27N3O4/c1-29(2)21-11-9-20(10-12-21)28-25-24(19-7-15-23(34-4)16-8-19)26(31)30(27(25)32)17-18-5-13-22(33-3)14-6-18/h5-16,28H,17H2,1-4H3. The number of nitrogens with zero attached hydrogens (tertiary/aromatic N) is 2. The predicted octanol–water partition coefficient (Wildman–Crippen LogP) is 4.16. The highest BCUT2D eigenvalue weighted by molar-refractivity contribution is 6.36. The second kappa shape index (κ2) is 9.70. The molecule has 7 nitrogen and oxygen atoms in total. The maximum atomic E-state index is 13.5. The fourth-order valence-electron chi connectivity index (χ4n) is 3.76. The summed E-state index contributed by atoms with van der Waals surface area (Å²) < 4.78 is 10.4. The SMILES string of the molecule is COc1ccc(CN2C(=O)C(Nc3ccc(N(C)C)cc3)=C(c3ccc(OC)cc3)C2=O)cc1. The number of anilines is 2. The molecule has 0 unspecified atom stereocenters. The molecule has 7 heteroatoms. The molecule has 3 aromatic carbocycles. The lowest BCUT2D eigenvalue weighted by atomic mass is 10.0. The van der Waals surface area contributed by atoms with Crippen molar-refractivity contribution in [2.45, 2.75) is 6.54 Å². The van der Waals surface area contributed by atoms with E-state index < -0.39 is 0 Å². The van der Waals surface area contributed by atoms with Gasteiger partial charge in [-0.3, -0.25) is 14.5 Å². The molecule has 0 radical (unpaired) electrons. The summed E-state index contributed by atoms with van der Waals surface area (Å²) in [5.41, 5.74) is 3.81. The third kappa shape index (κ3) is 4.59. The van der Waals surface area contributed by atoms with Crippen molar-refractivity contribution in [1.82, 2.24) is 4.90 Å². The molecule has 1 N–H and O–H groups in total. The average molecular weight is 458 g/mol. The number of hydrogen-bond donors (Lipinski definition) is 1. The molecule has 1 aliphatic heterocycles. The van der Waals surface area contributed by atoms with Crippen molar-refractivity contribution < 1.29 is 19.1 Å². The van der Waals surface area contributed by atoms with E-state index in [4.69, 9.17) is 9.47 Å². The smallest absolute Gasteiger partial charge is 0.278 e. The van der Waals surface area contributed by atoms with Crippen molar-refractivity contribution in [3.05, 3.63) is 89.6 Å². The predicted molar refractivity (Wildman–Crippen MR) is 133 cm³/mol. The van der Waals surface area contributed by atoms with Gasteiger partial charge >= 0.3 is 0 Å². The molecular weight excluding hydrogens is 430 g/mol. The summed E-state index contributed by atoms with van der Waals surface area (Å²) in [6, 6.07) is 22.1. The Morgan fingerprint density at radius 3 is 1.85 bits per heavy atom. The molecule has 0 saturated carbocycles. The van der Waals surface area contributed by atoms with E-state index in [1.807, 2.05) is 67.5 Å². The van der Waals surface area contributed by atoms with Crippen molar-refractivity contribution in [3.63, 3.8) is 0 Å². The molecule has 3 aromatic rings. The summed E-state index contributed by atoms with van der Waals surface area (Å²) in [5, 5.41) is 3.20. The number of nitrogens with one attached hydrogen (secondary N) is 1. The minimum Gasteiger partial charge on any atom is -0.497 e. The Morgan fingerprint density at radius 2 is 1.32 bits per heavy atom. The van der Waals surface area contributed by atoms with Gasteiger partial charge in [0.05, 0.1) is 26.3 Å². The van der Waals surface area contributed by atoms with Gasteiger partial charge in [-0.15, -0.1) is 0 Å². The van der Waals surface area contributed by atoms with Crippen LogP contribution in [0.3, 0.4) is 0 Å². The van der Waals surface area contributed by atoms with Gasteiger partial charge in [0.1, 0.15) is 17.2 Å². The molecule has 0 aromatic heterocycles. The Morgan fingerprint density at radius 1 is 0.765 bits per heavy atom. The van der Waals surface area contributed by atoms with Gasteiger partial charge in [0.25, 0.3) is 11.8 Å². The number of imide groups is 1. The number of rotatable bonds is 8. The molecule has 4 rings (SSSR count). The van der Waals surface area contributed by atoms with Crippen LogP contribution in [-0.4, -0.2) is 45.0 Å². The van der Waals surface area contributed by atoms with E-state index in [1.165, 1.54) is 4.90 Å². The van der Waals surface area contributed by atoms with E-state index in [9.17, 15) is 9.59 Å². The molecule has 0 saturated heterocycles. The van der Waals surface area contributed by atoms with E-state index in [-0.39, 0.29) is 24.1 Å². The Hall–Kier alpha value is -4.26. The Labute approximate surface area is 199 Å². The van der Waals surface area contributed by atoms with Crippen molar-refractivity contribution >= 4 is 28.8 Å². The van der Waals surface area contributed by atoms with Gasteiger partial charge in [0.2, 0.25) is 0 Å². The highest BCUT2D eigenvalue weighted by Crippen LogP contribution is 2.33. The minimum atomic E-state index is -0.372. The van der Waals surface area contributed by atoms with Crippen LogP contribution in [0.1, 0.15) is 11.1 Å². The monoisotopic (exact) mass is 457 g/mol. The van der Waals surface area contributed by atoms with Crippen molar-refractivity contribution in [3.8, 4) is 11.5 Å². The van der Waals surface area contributed by atoms with Gasteiger partial charge < -0.3 is 19.7 Å². The van der Waals surface area contributed by atoms with E-state index in [0.29, 0.717) is 22.6 Å². The minimum absolute atomic E-state index is 0.159. The van der Waals surface area contributed by atoms with Gasteiger partial charge in [-0.05, 0) is 59.7 Å². The number of benzene rings is 3. The van der Waals surface area contributed by atoms with Crippen LogP contribution in [0.5, 0.6) is 11.5 Å². The number of carbonyl (C=O) groups excluding carboxylic acids is 2. The highest BCUT2D eigenvalue weighted by atomic mass is 16.5. The zero-order chi connectivity index (χ0) is 24.2. The van der Waals surface area contributed by atoms with Crippen LogP contribution < -0.4 is 19.7 Å². The van der Waals surface area contributed by atoms with Crippen LogP contribution in [0, 0.1) is 0 Å². The first-order valence-corrected chi connectivity index (χ1v) is 10.8. The number of carbonyl (C=O) groups is 2. The maximum Gasteiger partial charge on any atom is 0.278 e. The van der Waals surface area contributed by atoms with Crippen LogP contribution in [0.2, 0.25) is 0 Å². The summed E-state index contributed by atoms with van der Waals surface area (Å²) >= 11 is 0. The first-order valence-electron chi connectivity index (χ1n) is 10.8. The number of hydrogen-bond acceptors (Lipinski definition) is 6. The van der Waals surface area contributed by atoms with Gasteiger partial charge in [-0.25, -0.2) is 0 Å². The van der Waals surface area contributed by atoms with Gasteiger partial charge in [-0.1, -0.05) is 24.3 Å². The molecule has 1 aliphatic rings. The van der Waals surface area contributed by atoms with E-state index >= 15 is 0 Å². The fraction of sp³-hybridized carbons (Fsp3) is 0.185. The maximum absolute atomic E-state index is 13.5. The molecule has 1 heterocycles. The van der Waals surface area contributed by atoms with Gasteiger partial charge in [0, 0.05) is 25.5 Å². The van der Waals surface area contributed by atoms with Crippen molar-refractivity contribution in [2.24, 2.45) is 0 Å². The third-order valence-corrected chi connectivity index (χ3v) is 5.70. The summed E-state index contributed by atoms with van der Waals surface area (Å²) in [6.45, 7) is 0.159. The van der Waals surface area contributed by atoms with Crippen LogP contribution in [-0.2, 0) is 16.1 Å². The fourth-order valence-corrected chi connectivity index (χ4v) is 3.76. The molecular formula is C27H27N3O4. The lowest BCUT2D eigenvalue weighted by Gasteiger charge is -2.16. The second-order valence-electron chi connectivity index (χ2n) is 8.09. The zero-order valence-electron chi connectivity index (χ0n) is 19.7. The van der Waals surface area contributed by atoms with Crippen molar-refractivity contribution in [1.29, 1.82) is 0 Å². The molecule has 2 amide bonds. The first-order chi connectivity index (χ1) is 16.4. The quantitative estimate of drug-likeness (QED) is 0.512. The van der Waals surface area contributed by atoms with E-state index in [2.05, 4.69) is 5.32 Å². The summed E-state index contributed by atoms with van der Waals surface area (Å²) in [4.78, 5) is 30.2. The van der Waals surface area contributed by atoms with Crippen LogP contribution in [0.4, 0.5) is 11.4 Å². The average Bonchev–Trinajstić information content (AvgIpc) is 3.09. The largest absolute Gasteiger partial charge is 0.497 e.